The van der Waals surface area contributed by atoms with E-state index in [-0.39, 0.29) is 12.4 Å². The summed E-state index contributed by atoms with van der Waals surface area (Å²) < 4.78 is 0. The summed E-state index contributed by atoms with van der Waals surface area (Å²) in [6, 6.07) is 5.16. The molecule has 0 saturated heterocycles. The zero-order valence-electron chi connectivity index (χ0n) is 6.54. The molecule has 1 aromatic rings. The highest BCUT2D eigenvalue weighted by molar-refractivity contribution is 5.33. The first kappa shape index (κ1) is 8.08. The number of aliphatic hydroxyl groups is 1. The quantitative estimate of drug-likeness (QED) is 0.673. The van der Waals surface area contributed by atoms with E-state index < -0.39 is 0 Å². The smallest absolute Gasteiger partial charge is 0.116 e. The number of benzene rings is 1. The summed E-state index contributed by atoms with van der Waals surface area (Å²) in [4.78, 5) is 0. The van der Waals surface area contributed by atoms with Gasteiger partial charge in [-0.05, 0) is 29.7 Å². The molecule has 0 amide bonds. The summed E-state index contributed by atoms with van der Waals surface area (Å²) in [6.45, 7) is 2.00. The van der Waals surface area contributed by atoms with Crippen LogP contribution in [0, 0.1) is 0 Å². The molecule has 0 aliphatic carbocycles. The number of aliphatic hydroxyl groups excluding tert-OH is 1. The van der Waals surface area contributed by atoms with Crippen molar-refractivity contribution in [1.82, 2.24) is 0 Å². The lowest BCUT2D eigenvalue weighted by Gasteiger charge is -2.01. The molecular weight excluding hydrogens is 140 g/mol. The van der Waals surface area contributed by atoms with Gasteiger partial charge in [-0.1, -0.05) is 13.0 Å². The molecule has 0 fully saturated rings. The Morgan fingerprint density at radius 3 is 2.36 bits per heavy atom. The molecular formula is C9H12O2. The van der Waals surface area contributed by atoms with E-state index in [1.54, 1.807) is 12.1 Å². The van der Waals surface area contributed by atoms with Crippen LogP contribution in [0.1, 0.15) is 18.1 Å². The van der Waals surface area contributed by atoms with Crippen LogP contribution >= 0.6 is 0 Å². The van der Waals surface area contributed by atoms with E-state index in [1.165, 1.54) is 0 Å². The summed E-state index contributed by atoms with van der Waals surface area (Å²) in [5, 5.41) is 17.9. The van der Waals surface area contributed by atoms with Crippen LogP contribution in [0.4, 0.5) is 0 Å². The lowest BCUT2D eigenvalue weighted by Crippen LogP contribution is -1.86. The first-order chi connectivity index (χ1) is 5.26. The summed E-state index contributed by atoms with van der Waals surface area (Å²) in [5.41, 5.74) is 1.82. The molecule has 0 radical (unpaired) electrons. The average Bonchev–Trinajstić information content (AvgIpc) is 2.03. The maximum absolute atomic E-state index is 9.14. The molecule has 1 aromatic carbocycles. The Bertz CT molecular complexity index is 221. The molecule has 60 valence electrons. The van der Waals surface area contributed by atoms with Gasteiger partial charge in [0.15, 0.2) is 0 Å². The largest absolute Gasteiger partial charge is 0.508 e. The number of rotatable bonds is 2. The SMILES string of the molecule is CCc1cc(O)cc(CO)c1. The minimum Gasteiger partial charge on any atom is -0.508 e. The third-order valence-electron chi connectivity index (χ3n) is 1.63. The van der Waals surface area contributed by atoms with Gasteiger partial charge in [0.1, 0.15) is 5.75 Å². The van der Waals surface area contributed by atoms with E-state index >= 15 is 0 Å². The molecule has 0 spiro atoms. The molecule has 0 unspecified atom stereocenters. The fourth-order valence-electron chi connectivity index (χ4n) is 1.04. The van der Waals surface area contributed by atoms with Gasteiger partial charge in [0.25, 0.3) is 0 Å². The number of phenols is 1. The minimum atomic E-state index is -0.0125. The van der Waals surface area contributed by atoms with Crippen molar-refractivity contribution in [3.63, 3.8) is 0 Å². The second-order valence-electron chi connectivity index (χ2n) is 2.52. The Kier molecular flexibility index (Phi) is 2.49. The number of aromatic hydroxyl groups is 1. The molecule has 2 heteroatoms. The zero-order chi connectivity index (χ0) is 8.27. The van der Waals surface area contributed by atoms with Gasteiger partial charge in [-0.3, -0.25) is 0 Å². The molecule has 0 aliphatic heterocycles. The van der Waals surface area contributed by atoms with E-state index in [4.69, 9.17) is 10.2 Å². The summed E-state index contributed by atoms with van der Waals surface area (Å²) in [6.07, 6.45) is 0.876. The van der Waals surface area contributed by atoms with Crippen molar-refractivity contribution in [3.05, 3.63) is 29.3 Å². The van der Waals surface area contributed by atoms with Crippen molar-refractivity contribution in [2.45, 2.75) is 20.0 Å². The molecule has 0 aromatic heterocycles. The van der Waals surface area contributed by atoms with Crippen LogP contribution in [-0.4, -0.2) is 10.2 Å². The van der Waals surface area contributed by atoms with Crippen LogP contribution in [0.5, 0.6) is 5.75 Å². The van der Waals surface area contributed by atoms with Gasteiger partial charge >= 0.3 is 0 Å². The molecule has 0 atom stereocenters. The molecule has 2 N–H and O–H groups in total. The monoisotopic (exact) mass is 152 g/mol. The van der Waals surface area contributed by atoms with Crippen LogP contribution in [0.25, 0.3) is 0 Å². The van der Waals surface area contributed by atoms with Crippen molar-refractivity contribution < 1.29 is 10.2 Å². The predicted octanol–water partition coefficient (Wildman–Crippen LogP) is 1.45. The Morgan fingerprint density at radius 2 is 1.82 bits per heavy atom. The Hall–Kier alpha value is -1.02. The number of hydrogen-bond donors (Lipinski definition) is 2. The van der Waals surface area contributed by atoms with E-state index in [0.29, 0.717) is 0 Å². The van der Waals surface area contributed by atoms with Crippen molar-refractivity contribution in [3.8, 4) is 5.75 Å². The van der Waals surface area contributed by atoms with Crippen molar-refractivity contribution in [2.24, 2.45) is 0 Å². The second kappa shape index (κ2) is 3.39. The third-order valence-corrected chi connectivity index (χ3v) is 1.63. The normalized spacial score (nSPS) is 10.0. The van der Waals surface area contributed by atoms with E-state index in [1.807, 2.05) is 13.0 Å². The highest BCUT2D eigenvalue weighted by Crippen LogP contribution is 2.15. The van der Waals surface area contributed by atoms with Gasteiger partial charge in [0.05, 0.1) is 6.61 Å². The minimum absolute atomic E-state index is 0.0125. The van der Waals surface area contributed by atoms with E-state index in [0.717, 1.165) is 17.5 Å². The van der Waals surface area contributed by atoms with Crippen molar-refractivity contribution in [2.75, 3.05) is 0 Å². The van der Waals surface area contributed by atoms with Gasteiger partial charge in [-0.15, -0.1) is 0 Å². The highest BCUT2D eigenvalue weighted by atomic mass is 16.3. The lowest BCUT2D eigenvalue weighted by atomic mass is 10.1. The molecule has 11 heavy (non-hydrogen) atoms. The van der Waals surface area contributed by atoms with Crippen LogP contribution in [0.2, 0.25) is 0 Å². The van der Waals surface area contributed by atoms with Gasteiger partial charge < -0.3 is 10.2 Å². The van der Waals surface area contributed by atoms with E-state index in [2.05, 4.69) is 0 Å². The van der Waals surface area contributed by atoms with Gasteiger partial charge in [0, 0.05) is 0 Å². The standard InChI is InChI=1S/C9H12O2/c1-2-7-3-8(6-10)5-9(11)4-7/h3-5,10-11H,2,6H2,1H3. The molecule has 0 saturated carbocycles. The topological polar surface area (TPSA) is 40.5 Å². The fourth-order valence-corrected chi connectivity index (χ4v) is 1.04. The van der Waals surface area contributed by atoms with Crippen LogP contribution in [0.15, 0.2) is 18.2 Å². The fraction of sp³-hybridized carbons (Fsp3) is 0.333. The first-order valence-corrected chi connectivity index (χ1v) is 3.69. The Balaban J connectivity index is 3.02. The Labute approximate surface area is 66.1 Å². The van der Waals surface area contributed by atoms with Gasteiger partial charge in [-0.25, -0.2) is 0 Å². The Morgan fingerprint density at radius 1 is 1.18 bits per heavy atom. The summed E-state index contributed by atoms with van der Waals surface area (Å²) in [5.74, 6) is 0.230. The number of aryl methyl sites for hydroxylation is 1. The zero-order valence-corrected chi connectivity index (χ0v) is 6.54. The number of hydrogen-bond acceptors (Lipinski definition) is 2. The van der Waals surface area contributed by atoms with Crippen molar-refractivity contribution in [1.29, 1.82) is 0 Å². The highest BCUT2D eigenvalue weighted by Gasteiger charge is 1.96. The second-order valence-corrected chi connectivity index (χ2v) is 2.52. The summed E-state index contributed by atoms with van der Waals surface area (Å²) in [7, 11) is 0. The van der Waals surface area contributed by atoms with Gasteiger partial charge in [-0.2, -0.15) is 0 Å². The third kappa shape index (κ3) is 1.95. The molecule has 0 heterocycles. The van der Waals surface area contributed by atoms with Crippen molar-refractivity contribution >= 4 is 0 Å². The maximum Gasteiger partial charge on any atom is 0.116 e. The first-order valence-electron chi connectivity index (χ1n) is 3.69. The number of phenolic OH excluding ortho intramolecular Hbond substituents is 1. The predicted molar refractivity (Wildman–Crippen MR) is 43.4 cm³/mol. The van der Waals surface area contributed by atoms with E-state index in [9.17, 15) is 0 Å². The molecule has 0 aliphatic rings. The molecule has 0 bridgehead atoms. The molecule has 2 nitrogen and oxygen atoms in total. The maximum atomic E-state index is 9.14. The average molecular weight is 152 g/mol. The van der Waals surface area contributed by atoms with Crippen LogP contribution in [0.3, 0.4) is 0 Å². The van der Waals surface area contributed by atoms with Gasteiger partial charge in [0.2, 0.25) is 0 Å². The van der Waals surface area contributed by atoms with Crippen LogP contribution in [-0.2, 0) is 13.0 Å². The lowest BCUT2D eigenvalue weighted by molar-refractivity contribution is 0.281. The van der Waals surface area contributed by atoms with Crippen LogP contribution < -0.4 is 0 Å². The summed E-state index contributed by atoms with van der Waals surface area (Å²) >= 11 is 0. The molecule has 1 rings (SSSR count).